The van der Waals surface area contributed by atoms with Gasteiger partial charge < -0.3 is 5.32 Å². The lowest BCUT2D eigenvalue weighted by molar-refractivity contribution is 0.355. The highest BCUT2D eigenvalue weighted by atomic mass is 35.5. The smallest absolute Gasteiger partial charge is 0.0543 e. The molecule has 0 aliphatic carbocycles. The van der Waals surface area contributed by atoms with E-state index in [2.05, 4.69) is 44.3 Å². The maximum atomic E-state index is 6.23. The number of benzene rings is 1. The quantitative estimate of drug-likeness (QED) is 0.875. The summed E-state index contributed by atoms with van der Waals surface area (Å²) >= 11 is 12.2. The molecule has 0 bridgehead atoms. The zero-order valence-corrected chi connectivity index (χ0v) is 14.3. The standard InChI is InChI=1S/C16H21Cl2N3/c1-11(14-6-5-13(17)7-15(14)18)19-8-12-9-20-21(10-12)16(2,3)4/h5-7,9-11,19H,8H2,1-4H3. The molecule has 0 aliphatic heterocycles. The molecule has 2 aromatic rings. The van der Waals surface area contributed by atoms with Crippen LogP contribution in [0.25, 0.3) is 0 Å². The molecular weight excluding hydrogens is 305 g/mol. The minimum atomic E-state index is 0.00333. The number of nitrogens with zero attached hydrogens (tertiary/aromatic N) is 2. The first-order valence-corrected chi connectivity index (χ1v) is 7.75. The van der Waals surface area contributed by atoms with Gasteiger partial charge in [0.15, 0.2) is 0 Å². The molecule has 2 rings (SSSR count). The molecule has 0 fully saturated rings. The summed E-state index contributed by atoms with van der Waals surface area (Å²) in [5, 5.41) is 9.20. The van der Waals surface area contributed by atoms with E-state index in [1.54, 1.807) is 6.07 Å². The first kappa shape index (κ1) is 16.3. The predicted octanol–water partition coefficient (Wildman–Crippen LogP) is 4.80. The van der Waals surface area contributed by atoms with Gasteiger partial charge in [0, 0.05) is 34.4 Å². The van der Waals surface area contributed by atoms with Crippen LogP contribution in [0.2, 0.25) is 10.0 Å². The number of hydrogen-bond acceptors (Lipinski definition) is 2. The third-order valence-corrected chi connectivity index (χ3v) is 3.93. The van der Waals surface area contributed by atoms with Gasteiger partial charge in [-0.3, -0.25) is 4.68 Å². The van der Waals surface area contributed by atoms with Crippen molar-refractivity contribution < 1.29 is 0 Å². The molecule has 0 radical (unpaired) electrons. The van der Waals surface area contributed by atoms with Crippen LogP contribution >= 0.6 is 23.2 Å². The fourth-order valence-corrected chi connectivity index (χ4v) is 2.62. The second-order valence-electron chi connectivity index (χ2n) is 6.23. The van der Waals surface area contributed by atoms with Gasteiger partial charge in [0.1, 0.15) is 0 Å². The normalized spacial score (nSPS) is 13.4. The minimum Gasteiger partial charge on any atom is -0.306 e. The van der Waals surface area contributed by atoms with E-state index < -0.39 is 0 Å². The topological polar surface area (TPSA) is 29.9 Å². The molecule has 0 aliphatic rings. The molecule has 1 N–H and O–H groups in total. The SMILES string of the molecule is CC(NCc1cnn(C(C)(C)C)c1)c1ccc(Cl)cc1Cl. The van der Waals surface area contributed by atoms with Crippen LogP contribution in [0.15, 0.2) is 30.6 Å². The molecular formula is C16H21Cl2N3. The van der Waals surface area contributed by atoms with Crippen LogP contribution in [-0.2, 0) is 12.1 Å². The van der Waals surface area contributed by atoms with Crippen LogP contribution < -0.4 is 5.32 Å². The molecule has 1 aromatic heterocycles. The van der Waals surface area contributed by atoms with Gasteiger partial charge in [-0.1, -0.05) is 29.3 Å². The number of hydrogen-bond donors (Lipinski definition) is 1. The van der Waals surface area contributed by atoms with Gasteiger partial charge in [-0.15, -0.1) is 0 Å². The van der Waals surface area contributed by atoms with Crippen LogP contribution in [0, 0.1) is 0 Å². The highest BCUT2D eigenvalue weighted by Gasteiger charge is 2.14. The number of aromatic nitrogens is 2. The van der Waals surface area contributed by atoms with Gasteiger partial charge in [-0.05, 0) is 45.4 Å². The van der Waals surface area contributed by atoms with Crippen LogP contribution in [-0.4, -0.2) is 9.78 Å². The summed E-state index contributed by atoms with van der Waals surface area (Å²) in [4.78, 5) is 0. The Labute approximate surface area is 136 Å². The molecule has 1 heterocycles. The van der Waals surface area contributed by atoms with E-state index in [0.29, 0.717) is 10.0 Å². The second kappa shape index (κ2) is 6.39. The summed E-state index contributed by atoms with van der Waals surface area (Å²) in [5.74, 6) is 0. The summed E-state index contributed by atoms with van der Waals surface area (Å²) < 4.78 is 1.98. The third-order valence-electron chi connectivity index (χ3n) is 3.36. The van der Waals surface area contributed by atoms with Gasteiger partial charge in [0.25, 0.3) is 0 Å². The maximum Gasteiger partial charge on any atom is 0.0543 e. The zero-order valence-electron chi connectivity index (χ0n) is 12.8. The Morgan fingerprint density at radius 1 is 1.29 bits per heavy atom. The molecule has 0 spiro atoms. The van der Waals surface area contributed by atoms with Crippen LogP contribution in [0.3, 0.4) is 0 Å². The first-order chi connectivity index (χ1) is 9.77. The molecule has 21 heavy (non-hydrogen) atoms. The highest BCUT2D eigenvalue weighted by Crippen LogP contribution is 2.26. The predicted molar refractivity (Wildman–Crippen MR) is 88.9 cm³/mol. The van der Waals surface area contributed by atoms with E-state index in [1.165, 1.54) is 0 Å². The maximum absolute atomic E-state index is 6.23. The Kier molecular flexibility index (Phi) is 4.97. The molecule has 0 saturated heterocycles. The molecule has 3 nitrogen and oxygen atoms in total. The van der Waals surface area contributed by atoms with Crippen molar-refractivity contribution in [1.82, 2.24) is 15.1 Å². The fraction of sp³-hybridized carbons (Fsp3) is 0.438. The van der Waals surface area contributed by atoms with E-state index in [9.17, 15) is 0 Å². The zero-order chi connectivity index (χ0) is 15.6. The van der Waals surface area contributed by atoms with Gasteiger partial charge in [0.05, 0.1) is 11.7 Å². The van der Waals surface area contributed by atoms with Gasteiger partial charge >= 0.3 is 0 Å². The van der Waals surface area contributed by atoms with E-state index >= 15 is 0 Å². The largest absolute Gasteiger partial charge is 0.306 e. The molecule has 1 aromatic carbocycles. The number of rotatable bonds is 4. The van der Waals surface area contributed by atoms with Crippen molar-refractivity contribution in [2.45, 2.75) is 45.8 Å². The van der Waals surface area contributed by atoms with Crippen molar-refractivity contribution in [1.29, 1.82) is 0 Å². The van der Waals surface area contributed by atoms with Crippen molar-refractivity contribution in [3.63, 3.8) is 0 Å². The summed E-state index contributed by atoms with van der Waals surface area (Å²) in [7, 11) is 0. The molecule has 1 atom stereocenters. The van der Waals surface area contributed by atoms with Crippen molar-refractivity contribution in [3.8, 4) is 0 Å². The third kappa shape index (κ3) is 4.22. The lowest BCUT2D eigenvalue weighted by Crippen LogP contribution is -2.22. The molecule has 5 heteroatoms. The van der Waals surface area contributed by atoms with E-state index in [0.717, 1.165) is 17.7 Å². The molecule has 1 unspecified atom stereocenters. The van der Waals surface area contributed by atoms with Crippen molar-refractivity contribution >= 4 is 23.2 Å². The van der Waals surface area contributed by atoms with Crippen molar-refractivity contribution in [3.05, 3.63) is 51.8 Å². The monoisotopic (exact) mass is 325 g/mol. The minimum absolute atomic E-state index is 0.00333. The van der Waals surface area contributed by atoms with E-state index in [-0.39, 0.29) is 11.6 Å². The highest BCUT2D eigenvalue weighted by molar-refractivity contribution is 6.35. The lowest BCUT2D eigenvalue weighted by atomic mass is 10.1. The molecule has 0 amide bonds. The second-order valence-corrected chi connectivity index (χ2v) is 7.08. The van der Waals surface area contributed by atoms with Crippen LogP contribution in [0.5, 0.6) is 0 Å². The van der Waals surface area contributed by atoms with E-state index in [1.807, 2.05) is 23.0 Å². The Bertz CT molecular complexity index is 614. The van der Waals surface area contributed by atoms with Crippen LogP contribution in [0.4, 0.5) is 0 Å². The van der Waals surface area contributed by atoms with Crippen molar-refractivity contribution in [2.24, 2.45) is 0 Å². The van der Waals surface area contributed by atoms with Crippen molar-refractivity contribution in [2.75, 3.05) is 0 Å². The Hall–Kier alpha value is -1.03. The number of nitrogens with one attached hydrogen (secondary N) is 1. The lowest BCUT2D eigenvalue weighted by Gasteiger charge is -2.19. The average molecular weight is 326 g/mol. The summed E-state index contributed by atoms with van der Waals surface area (Å²) in [6.45, 7) is 9.23. The van der Waals surface area contributed by atoms with Gasteiger partial charge in [-0.2, -0.15) is 5.10 Å². The Morgan fingerprint density at radius 3 is 2.57 bits per heavy atom. The number of halogens is 2. The molecule has 114 valence electrons. The molecule has 0 saturated carbocycles. The fourth-order valence-electron chi connectivity index (χ4n) is 2.05. The average Bonchev–Trinajstić information content (AvgIpc) is 2.84. The summed E-state index contributed by atoms with van der Waals surface area (Å²) in [6, 6.07) is 5.74. The summed E-state index contributed by atoms with van der Waals surface area (Å²) in [5.41, 5.74) is 2.20. The summed E-state index contributed by atoms with van der Waals surface area (Å²) in [6.07, 6.45) is 3.97. The van der Waals surface area contributed by atoms with Crippen LogP contribution in [0.1, 0.15) is 44.9 Å². The van der Waals surface area contributed by atoms with Gasteiger partial charge in [-0.25, -0.2) is 0 Å². The Morgan fingerprint density at radius 2 is 2.00 bits per heavy atom. The Balaban J connectivity index is 2.01. The van der Waals surface area contributed by atoms with E-state index in [4.69, 9.17) is 23.2 Å². The first-order valence-electron chi connectivity index (χ1n) is 7.00. The van der Waals surface area contributed by atoms with Gasteiger partial charge in [0.2, 0.25) is 0 Å².